The fourth-order valence-electron chi connectivity index (χ4n) is 2.14. The summed E-state index contributed by atoms with van der Waals surface area (Å²) in [5.41, 5.74) is 5.98. The topological polar surface area (TPSA) is 125 Å². The monoisotopic (exact) mass is 267 g/mol. The maximum Gasteiger partial charge on any atom is 0.136 e. The molecule has 1 aromatic heterocycles. The zero-order chi connectivity index (χ0) is 14.0. The van der Waals surface area contributed by atoms with Crippen LogP contribution in [0.4, 0.5) is 5.69 Å². The number of nitrogens with two attached hydrogens (primary N) is 1. The summed E-state index contributed by atoms with van der Waals surface area (Å²) in [4.78, 5) is 4.20. The number of nitrogens with zero attached hydrogens (tertiary/aromatic N) is 2. The van der Waals surface area contributed by atoms with E-state index in [1.54, 1.807) is 18.2 Å². The van der Waals surface area contributed by atoms with Gasteiger partial charge in [-0.3, -0.25) is 0 Å². The molecule has 0 spiro atoms. The van der Waals surface area contributed by atoms with Crippen molar-refractivity contribution < 1.29 is 20.4 Å². The number of benzene rings is 1. The number of anilines is 1. The van der Waals surface area contributed by atoms with Gasteiger partial charge in [-0.1, -0.05) is 0 Å². The quantitative estimate of drug-likeness (QED) is 0.433. The summed E-state index contributed by atoms with van der Waals surface area (Å²) in [6.07, 6.45) is 0. The third-order valence-electron chi connectivity index (χ3n) is 3.25. The van der Waals surface area contributed by atoms with E-state index in [0.29, 0.717) is 16.7 Å². The Morgan fingerprint density at radius 2 is 1.74 bits per heavy atom. The number of imidazole rings is 1. The molecule has 0 saturated carbocycles. The largest absolute Gasteiger partial charge is 0.399 e. The number of aliphatic hydroxyl groups is 4. The summed E-state index contributed by atoms with van der Waals surface area (Å²) in [6, 6.07) is 4.95. The summed E-state index contributed by atoms with van der Waals surface area (Å²) < 4.78 is 1.46. The van der Waals surface area contributed by atoms with E-state index in [1.807, 2.05) is 0 Å². The molecule has 0 fully saturated rings. The lowest BCUT2D eigenvalue weighted by Gasteiger charge is -2.31. The molecule has 0 atom stereocenters. The van der Waals surface area contributed by atoms with Gasteiger partial charge in [0, 0.05) is 5.69 Å². The van der Waals surface area contributed by atoms with E-state index >= 15 is 0 Å². The zero-order valence-corrected chi connectivity index (χ0v) is 10.3. The molecule has 0 bridgehead atoms. The van der Waals surface area contributed by atoms with Crippen molar-refractivity contribution in [1.29, 1.82) is 0 Å². The van der Waals surface area contributed by atoms with E-state index in [9.17, 15) is 20.4 Å². The Morgan fingerprint density at radius 1 is 1.11 bits per heavy atom. The van der Waals surface area contributed by atoms with E-state index in [2.05, 4.69) is 4.98 Å². The van der Waals surface area contributed by atoms with Crippen LogP contribution in [-0.4, -0.2) is 49.8 Å². The fraction of sp³-hybridized carbons (Fsp3) is 0.417. The van der Waals surface area contributed by atoms with Crippen molar-refractivity contribution in [3.05, 3.63) is 24.0 Å². The van der Waals surface area contributed by atoms with Gasteiger partial charge in [0.25, 0.3) is 0 Å². The zero-order valence-electron chi connectivity index (χ0n) is 10.3. The second-order valence-corrected chi connectivity index (χ2v) is 4.47. The van der Waals surface area contributed by atoms with Crippen molar-refractivity contribution >= 4 is 16.7 Å². The minimum Gasteiger partial charge on any atom is -0.399 e. The highest BCUT2D eigenvalue weighted by Gasteiger charge is 2.34. The second kappa shape index (κ2) is 5.14. The molecule has 6 N–H and O–H groups in total. The van der Waals surface area contributed by atoms with Crippen LogP contribution >= 0.6 is 0 Å². The fourth-order valence-corrected chi connectivity index (χ4v) is 2.14. The lowest BCUT2D eigenvalue weighted by molar-refractivity contribution is 0.0140. The van der Waals surface area contributed by atoms with Crippen LogP contribution in [0.1, 0.15) is 5.82 Å². The van der Waals surface area contributed by atoms with E-state index < -0.39 is 25.4 Å². The van der Waals surface area contributed by atoms with Crippen LogP contribution in [0.5, 0.6) is 0 Å². The Balaban J connectivity index is 2.76. The average molecular weight is 267 g/mol. The molecule has 7 heteroatoms. The predicted molar refractivity (Wildman–Crippen MR) is 69.3 cm³/mol. The molecule has 0 amide bonds. The first-order valence-electron chi connectivity index (χ1n) is 5.82. The van der Waals surface area contributed by atoms with Gasteiger partial charge in [-0.05, 0) is 18.2 Å². The van der Waals surface area contributed by atoms with E-state index in [1.165, 1.54) is 4.57 Å². The molecule has 104 valence electrons. The number of hydrogen-bond donors (Lipinski definition) is 5. The minimum absolute atomic E-state index is 0.248. The highest BCUT2D eigenvalue weighted by atomic mass is 16.3. The van der Waals surface area contributed by atoms with Gasteiger partial charge in [0.2, 0.25) is 0 Å². The van der Waals surface area contributed by atoms with Gasteiger partial charge in [-0.25, -0.2) is 4.98 Å². The molecule has 0 saturated heterocycles. The van der Waals surface area contributed by atoms with Crippen molar-refractivity contribution in [3.8, 4) is 0 Å². The summed E-state index contributed by atoms with van der Waals surface area (Å²) >= 11 is 0. The van der Waals surface area contributed by atoms with Crippen molar-refractivity contribution in [2.24, 2.45) is 0 Å². The SMILES string of the molecule is Nc1ccc2c(c1)nc(CO)n2C(CO)(CO)CO. The Morgan fingerprint density at radius 3 is 2.26 bits per heavy atom. The van der Waals surface area contributed by atoms with E-state index in [0.717, 1.165) is 0 Å². The van der Waals surface area contributed by atoms with Crippen molar-refractivity contribution in [2.75, 3.05) is 25.6 Å². The van der Waals surface area contributed by atoms with Crippen molar-refractivity contribution in [2.45, 2.75) is 12.1 Å². The minimum atomic E-state index is -1.32. The Hall–Kier alpha value is -1.67. The van der Waals surface area contributed by atoms with E-state index in [-0.39, 0.29) is 12.4 Å². The smallest absolute Gasteiger partial charge is 0.136 e. The van der Waals surface area contributed by atoms with Crippen molar-refractivity contribution in [3.63, 3.8) is 0 Å². The normalized spacial score (nSPS) is 12.2. The number of nitrogen functional groups attached to an aromatic ring is 1. The van der Waals surface area contributed by atoms with Gasteiger partial charge < -0.3 is 30.7 Å². The van der Waals surface area contributed by atoms with Crippen molar-refractivity contribution in [1.82, 2.24) is 9.55 Å². The first-order valence-corrected chi connectivity index (χ1v) is 5.82. The highest BCUT2D eigenvalue weighted by molar-refractivity contribution is 5.80. The number of fused-ring (bicyclic) bond motifs is 1. The van der Waals surface area contributed by atoms with Gasteiger partial charge >= 0.3 is 0 Å². The first-order chi connectivity index (χ1) is 9.11. The predicted octanol–water partition coefficient (Wildman–Crippen LogP) is -1.22. The maximum absolute atomic E-state index is 9.51. The lowest BCUT2D eigenvalue weighted by atomic mass is 10.0. The molecule has 1 heterocycles. The third-order valence-corrected chi connectivity index (χ3v) is 3.25. The second-order valence-electron chi connectivity index (χ2n) is 4.47. The molecule has 0 aliphatic rings. The Labute approximate surface area is 109 Å². The molecular weight excluding hydrogens is 250 g/mol. The van der Waals surface area contributed by atoms with Crippen LogP contribution in [0.2, 0.25) is 0 Å². The average Bonchev–Trinajstić information content (AvgIpc) is 2.80. The highest BCUT2D eigenvalue weighted by Crippen LogP contribution is 2.27. The standard InChI is InChI=1S/C12H17N3O4/c13-8-1-2-10-9(3-8)14-11(4-16)15(10)12(5-17,6-18)7-19/h1-3,16-19H,4-7,13H2. The van der Waals surface area contributed by atoms with Gasteiger partial charge in [0.15, 0.2) is 0 Å². The van der Waals surface area contributed by atoms with Gasteiger partial charge in [-0.2, -0.15) is 0 Å². The number of aromatic nitrogens is 2. The number of rotatable bonds is 5. The van der Waals surface area contributed by atoms with Crippen LogP contribution in [0.25, 0.3) is 11.0 Å². The van der Waals surface area contributed by atoms with Crippen LogP contribution in [0, 0.1) is 0 Å². The summed E-state index contributed by atoms with van der Waals surface area (Å²) in [5, 5.41) is 37.9. The van der Waals surface area contributed by atoms with Crippen LogP contribution < -0.4 is 5.73 Å². The molecule has 2 rings (SSSR count). The van der Waals surface area contributed by atoms with Gasteiger partial charge in [0.05, 0.1) is 30.9 Å². The lowest BCUT2D eigenvalue weighted by Crippen LogP contribution is -2.45. The third kappa shape index (κ3) is 2.06. The van der Waals surface area contributed by atoms with Crippen LogP contribution in [0.3, 0.4) is 0 Å². The summed E-state index contributed by atoms with van der Waals surface area (Å²) in [5.74, 6) is 0.248. The van der Waals surface area contributed by atoms with Gasteiger partial charge in [0.1, 0.15) is 18.0 Å². The van der Waals surface area contributed by atoms with Gasteiger partial charge in [-0.15, -0.1) is 0 Å². The van der Waals surface area contributed by atoms with E-state index in [4.69, 9.17) is 5.73 Å². The molecule has 19 heavy (non-hydrogen) atoms. The molecule has 0 unspecified atom stereocenters. The summed E-state index contributed by atoms with van der Waals surface area (Å²) in [7, 11) is 0. The summed E-state index contributed by atoms with van der Waals surface area (Å²) in [6.45, 7) is -1.83. The Kier molecular flexibility index (Phi) is 3.72. The maximum atomic E-state index is 9.51. The first kappa shape index (κ1) is 13.8. The van der Waals surface area contributed by atoms with Crippen LogP contribution in [-0.2, 0) is 12.1 Å². The molecule has 0 aliphatic heterocycles. The molecular formula is C12H17N3O4. The molecule has 2 aromatic rings. The molecule has 0 aliphatic carbocycles. The number of hydrogen-bond acceptors (Lipinski definition) is 6. The Bertz CT molecular complexity index is 569. The molecule has 7 nitrogen and oxygen atoms in total. The molecule has 1 aromatic carbocycles. The number of aliphatic hydroxyl groups excluding tert-OH is 4. The van der Waals surface area contributed by atoms with Crippen LogP contribution in [0.15, 0.2) is 18.2 Å². The molecule has 0 radical (unpaired) electrons.